The number of benzene rings is 1. The molecule has 5 fully saturated rings. The third-order valence-corrected chi connectivity index (χ3v) is 16.9. The van der Waals surface area contributed by atoms with Gasteiger partial charge in [-0.05, 0) is 91.8 Å². The number of aliphatic hydroxyl groups is 4. The van der Waals surface area contributed by atoms with Crippen molar-refractivity contribution in [1.82, 2.24) is 10.2 Å². The number of nitro benzene ring substituents is 1. The number of likely N-dealkylation sites (N-methyl/N-ethyl adjacent to an activating group) is 1. The molecule has 0 bridgehead atoms. The first-order chi connectivity index (χ1) is 33.2. The quantitative estimate of drug-likeness (QED) is 0.102. The minimum absolute atomic E-state index is 0.0290. The lowest BCUT2D eigenvalue weighted by Gasteiger charge is -2.50. The Morgan fingerprint density at radius 1 is 0.915 bits per heavy atom. The zero-order chi connectivity index (χ0) is 52.7. The molecule has 0 aromatic heterocycles. The van der Waals surface area contributed by atoms with Gasteiger partial charge in [-0.3, -0.25) is 29.4 Å². The number of methoxy groups -OCH3 is 2. The van der Waals surface area contributed by atoms with Crippen LogP contribution in [0.1, 0.15) is 94.9 Å². The van der Waals surface area contributed by atoms with Crippen LogP contribution in [0, 0.1) is 51.5 Å². The molecule has 1 aliphatic carbocycles. The largest absolute Gasteiger partial charge is 0.459 e. The number of carbonyl (C=O) groups excluding carboxylic acids is 3. The molecule has 1 saturated carbocycles. The zero-order valence-corrected chi connectivity index (χ0v) is 43.9. The van der Waals surface area contributed by atoms with E-state index in [0.29, 0.717) is 32.6 Å². The van der Waals surface area contributed by atoms with E-state index in [1.807, 2.05) is 25.8 Å². The lowest BCUT2D eigenvalue weighted by molar-refractivity contribution is -0.384. The van der Waals surface area contributed by atoms with Gasteiger partial charge in [0.15, 0.2) is 12.6 Å². The molecule has 4 saturated heterocycles. The highest BCUT2D eigenvalue weighted by Gasteiger charge is 2.60. The molecular formula is C51H82N4O16. The number of nitro groups is 1. The van der Waals surface area contributed by atoms with Crippen molar-refractivity contribution in [3.63, 3.8) is 0 Å². The number of ether oxygens (including phenoxy) is 7. The average molecular weight is 1010 g/mol. The van der Waals surface area contributed by atoms with Crippen molar-refractivity contribution in [2.24, 2.45) is 41.4 Å². The van der Waals surface area contributed by atoms with Crippen LogP contribution in [0.15, 0.2) is 24.3 Å². The van der Waals surface area contributed by atoms with E-state index in [9.17, 15) is 44.9 Å². The number of esters is 1. The smallest absolute Gasteiger partial charge is 0.311 e. The highest BCUT2D eigenvalue weighted by Crippen LogP contribution is 2.53. The van der Waals surface area contributed by atoms with E-state index in [1.54, 1.807) is 53.7 Å². The first kappa shape index (κ1) is 56.9. The fourth-order valence-electron chi connectivity index (χ4n) is 12.1. The number of Topliss-reactive ketones (excluding diaryl/α,β-unsaturated/α-hetero) is 1. The molecule has 1 amide bonds. The summed E-state index contributed by atoms with van der Waals surface area (Å²) in [5.41, 5.74) is -3.53. The molecule has 20 nitrogen and oxygen atoms in total. The summed E-state index contributed by atoms with van der Waals surface area (Å²) in [5, 5.41) is 60.9. The van der Waals surface area contributed by atoms with E-state index >= 15 is 0 Å². The number of piperidine rings is 1. The molecule has 20 heteroatoms. The van der Waals surface area contributed by atoms with E-state index in [1.165, 1.54) is 40.2 Å². The SMILES string of the molecule is CC[C@H]1OC(=O)[C@H](C)[C@@H](O[C@H]2C[C@@](C)(OC)[C@@H](O)[C@H](C)O2)[C@H](C)[C@@H](O[C@H]2O[C@H](C)C[C@H](N(C)CCNC(=O)C3[C@H]4CN(c5ccc([N+](=O)[O-])cc5)C[C@@H]34)[C@H]2O)[C@](C)(OC)C[C@@H](C)C(=O)[C@H](C)[C@@H](O)[C@]1(C)O. The minimum atomic E-state index is -2.01. The number of anilines is 1. The molecule has 0 spiro atoms. The maximum absolute atomic E-state index is 14.4. The third kappa shape index (κ3) is 11.9. The van der Waals surface area contributed by atoms with Crippen molar-refractivity contribution in [2.75, 3.05) is 52.3 Å². The van der Waals surface area contributed by atoms with Crippen LogP contribution in [-0.4, -0.2) is 180 Å². The van der Waals surface area contributed by atoms with Crippen LogP contribution in [-0.2, 0) is 47.5 Å². The number of ketones is 1. The number of fused-ring (bicyclic) bond motifs is 1. The first-order valence-corrected chi connectivity index (χ1v) is 25.4. The molecule has 4 heterocycles. The molecule has 71 heavy (non-hydrogen) atoms. The summed E-state index contributed by atoms with van der Waals surface area (Å²) >= 11 is 0. The Balaban J connectivity index is 1.22. The summed E-state index contributed by atoms with van der Waals surface area (Å²) in [7, 11) is 4.84. The van der Waals surface area contributed by atoms with Gasteiger partial charge in [0.2, 0.25) is 5.91 Å². The van der Waals surface area contributed by atoms with Crippen LogP contribution < -0.4 is 10.2 Å². The van der Waals surface area contributed by atoms with Crippen LogP contribution in [0.2, 0.25) is 0 Å². The summed E-state index contributed by atoms with van der Waals surface area (Å²) in [4.78, 5) is 56.9. The molecule has 1 aromatic carbocycles. The van der Waals surface area contributed by atoms with Crippen LogP contribution in [0.5, 0.6) is 0 Å². The Morgan fingerprint density at radius 2 is 1.54 bits per heavy atom. The lowest BCUT2D eigenvalue weighted by atomic mass is 9.74. The topological polar surface area (TPSA) is 258 Å². The molecule has 21 atom stereocenters. The number of amides is 1. The summed E-state index contributed by atoms with van der Waals surface area (Å²) in [6, 6.07) is 5.97. The fourth-order valence-corrected chi connectivity index (χ4v) is 12.1. The molecular weight excluding hydrogens is 925 g/mol. The highest BCUT2D eigenvalue weighted by molar-refractivity contribution is 5.84. The Bertz CT molecular complexity index is 2000. The van der Waals surface area contributed by atoms with Gasteiger partial charge in [0.1, 0.15) is 29.7 Å². The van der Waals surface area contributed by atoms with E-state index in [-0.39, 0.29) is 54.4 Å². The molecule has 4 aliphatic heterocycles. The van der Waals surface area contributed by atoms with Crippen LogP contribution in [0.4, 0.5) is 11.4 Å². The molecule has 6 rings (SSSR count). The number of non-ortho nitro benzene ring substituents is 1. The number of aliphatic hydroxyl groups excluding tert-OH is 3. The van der Waals surface area contributed by atoms with Gasteiger partial charge in [0.25, 0.3) is 5.69 Å². The van der Waals surface area contributed by atoms with Gasteiger partial charge in [-0.1, -0.05) is 27.7 Å². The number of cyclic esters (lactones) is 1. The standard InChI is InChI=1S/C51H82N4O16/c1-14-37-51(10,62)43(58)28(4)40(56)26(2)22-50(9,66-13)45(29(5)42(30(6)47(61)69-37)70-38-23-49(8,65-12)44(59)31(7)68-38)71-48-41(57)36(21-27(3)67-48)53(11)20-19-52-46(60)39-34-24-54(25-35(34)39)32-15-17-33(18-16-32)55(63)64/h15-18,26-31,34-39,41-45,48,57-59,62H,14,19-25H2,1-13H3,(H,52,60)/t26-,27-,28+,29+,30-,31+,34-,35+,36+,37-,38+,39?,41-,42+,43-,44+,45-,48-,49-,50-,51-/m1/s1. The predicted molar refractivity (Wildman–Crippen MR) is 259 cm³/mol. The number of nitrogens with zero attached hydrogens (tertiary/aromatic N) is 3. The van der Waals surface area contributed by atoms with Gasteiger partial charge < -0.3 is 63.8 Å². The summed E-state index contributed by atoms with van der Waals surface area (Å²) in [6.45, 7) is 19.0. The Labute approximate surface area is 418 Å². The number of hydrogen-bond acceptors (Lipinski definition) is 18. The number of hydrogen-bond donors (Lipinski definition) is 5. The number of carbonyl (C=O) groups is 3. The van der Waals surface area contributed by atoms with Gasteiger partial charge in [-0.15, -0.1) is 0 Å². The second-order valence-electron chi connectivity index (χ2n) is 22.0. The van der Waals surface area contributed by atoms with Gasteiger partial charge in [-0.2, -0.15) is 0 Å². The summed E-state index contributed by atoms with van der Waals surface area (Å²) in [6.07, 6.45) is -9.93. The summed E-state index contributed by atoms with van der Waals surface area (Å²) < 4.78 is 44.6. The monoisotopic (exact) mass is 1010 g/mol. The maximum atomic E-state index is 14.4. The minimum Gasteiger partial charge on any atom is -0.459 e. The van der Waals surface area contributed by atoms with E-state index in [4.69, 9.17) is 33.2 Å². The molecule has 5 aliphatic rings. The van der Waals surface area contributed by atoms with Crippen molar-refractivity contribution in [3.8, 4) is 0 Å². The maximum Gasteiger partial charge on any atom is 0.311 e. The Kier molecular flexibility index (Phi) is 18.1. The second kappa shape index (κ2) is 22.6. The normalized spacial score (nSPS) is 43.6. The third-order valence-electron chi connectivity index (χ3n) is 16.9. The van der Waals surface area contributed by atoms with Gasteiger partial charge in [0.05, 0.1) is 52.6 Å². The van der Waals surface area contributed by atoms with E-state index < -0.39 is 119 Å². The molecule has 0 radical (unpaired) electrons. The van der Waals surface area contributed by atoms with Crippen molar-refractivity contribution < 1.29 is 72.9 Å². The first-order valence-electron chi connectivity index (χ1n) is 25.4. The Hall–Kier alpha value is -3.41. The number of rotatable bonds is 14. The van der Waals surface area contributed by atoms with E-state index in [2.05, 4.69) is 10.2 Å². The van der Waals surface area contributed by atoms with Crippen molar-refractivity contribution in [3.05, 3.63) is 34.4 Å². The van der Waals surface area contributed by atoms with Gasteiger partial charge in [0, 0.05) is 94.4 Å². The second-order valence-corrected chi connectivity index (χ2v) is 22.0. The van der Waals surface area contributed by atoms with Crippen LogP contribution in [0.25, 0.3) is 0 Å². The zero-order valence-electron chi connectivity index (χ0n) is 43.9. The van der Waals surface area contributed by atoms with Gasteiger partial charge >= 0.3 is 5.97 Å². The molecule has 402 valence electrons. The highest BCUT2D eigenvalue weighted by atomic mass is 16.7. The number of nitrogens with one attached hydrogen (secondary N) is 1. The fraction of sp³-hybridized carbons (Fsp3) is 0.824. The Morgan fingerprint density at radius 3 is 2.11 bits per heavy atom. The van der Waals surface area contributed by atoms with Gasteiger partial charge in [-0.25, -0.2) is 0 Å². The molecule has 1 unspecified atom stereocenters. The summed E-state index contributed by atoms with van der Waals surface area (Å²) in [5.74, 6) is -4.60. The lowest BCUT2D eigenvalue weighted by Crippen LogP contribution is -2.62. The molecule has 5 N–H and O–H groups in total. The van der Waals surface area contributed by atoms with Crippen LogP contribution in [0.3, 0.4) is 0 Å². The van der Waals surface area contributed by atoms with Crippen molar-refractivity contribution in [1.29, 1.82) is 0 Å². The average Bonchev–Trinajstić information content (AvgIpc) is 3.84. The van der Waals surface area contributed by atoms with Crippen molar-refractivity contribution >= 4 is 29.0 Å². The predicted octanol–water partition coefficient (Wildman–Crippen LogP) is 3.22. The molecule has 1 aromatic rings. The van der Waals surface area contributed by atoms with Crippen molar-refractivity contribution in [2.45, 2.75) is 179 Å². The van der Waals surface area contributed by atoms with Crippen LogP contribution >= 0.6 is 0 Å². The van der Waals surface area contributed by atoms with E-state index in [0.717, 1.165) is 5.69 Å².